The van der Waals surface area contributed by atoms with E-state index in [2.05, 4.69) is 15.3 Å². The molecule has 1 saturated heterocycles. The zero-order valence-corrected chi connectivity index (χ0v) is 18.8. The Kier molecular flexibility index (Phi) is 7.54. The van der Waals surface area contributed by atoms with Crippen LogP contribution in [0.2, 0.25) is 0 Å². The number of benzene rings is 2. The van der Waals surface area contributed by atoms with Crippen molar-refractivity contribution in [2.75, 3.05) is 26.3 Å². The highest BCUT2D eigenvalue weighted by Crippen LogP contribution is 2.23. The molecule has 3 aromatic rings. The number of ether oxygens (including phenoxy) is 1. The van der Waals surface area contributed by atoms with Gasteiger partial charge in [0.05, 0.1) is 25.5 Å². The molecular weight excluding hydrogens is 436 g/mol. The van der Waals surface area contributed by atoms with E-state index >= 15 is 0 Å². The summed E-state index contributed by atoms with van der Waals surface area (Å²) in [5.41, 5.74) is 1.54. The summed E-state index contributed by atoms with van der Waals surface area (Å²) in [5, 5.41) is 14.4. The molecule has 2 amide bonds. The fourth-order valence-corrected chi connectivity index (χ4v) is 4.25. The van der Waals surface area contributed by atoms with Crippen LogP contribution in [0.3, 0.4) is 0 Å². The second kappa shape index (κ2) is 10.9. The monoisotopic (exact) mass is 464 g/mol. The van der Waals surface area contributed by atoms with E-state index in [1.807, 2.05) is 42.5 Å². The number of morpholine rings is 1. The van der Waals surface area contributed by atoms with E-state index in [9.17, 15) is 19.5 Å². The maximum absolute atomic E-state index is 13.3. The highest BCUT2D eigenvalue weighted by Gasteiger charge is 2.30. The van der Waals surface area contributed by atoms with Gasteiger partial charge in [0.2, 0.25) is 11.8 Å². The van der Waals surface area contributed by atoms with Crippen molar-refractivity contribution in [2.24, 2.45) is 5.92 Å². The van der Waals surface area contributed by atoms with Crippen LogP contribution in [0.4, 0.5) is 0 Å². The first-order chi connectivity index (χ1) is 16.5. The van der Waals surface area contributed by atoms with Crippen molar-refractivity contribution in [1.82, 2.24) is 20.2 Å². The van der Waals surface area contributed by atoms with Gasteiger partial charge < -0.3 is 25.0 Å². The van der Waals surface area contributed by atoms with Gasteiger partial charge in [0.1, 0.15) is 6.04 Å². The van der Waals surface area contributed by atoms with Crippen LogP contribution in [0, 0.1) is 5.92 Å². The smallest absolute Gasteiger partial charge is 0.326 e. The minimum absolute atomic E-state index is 0.00848. The number of aromatic nitrogens is 2. The van der Waals surface area contributed by atoms with E-state index in [0.29, 0.717) is 38.4 Å². The van der Waals surface area contributed by atoms with Crippen molar-refractivity contribution >= 4 is 28.6 Å². The zero-order valence-electron chi connectivity index (χ0n) is 18.8. The molecule has 34 heavy (non-hydrogen) atoms. The minimum atomic E-state index is -1.15. The third kappa shape index (κ3) is 5.79. The number of amides is 2. The van der Waals surface area contributed by atoms with Crippen molar-refractivity contribution in [2.45, 2.75) is 25.3 Å². The van der Waals surface area contributed by atoms with Gasteiger partial charge in [0.15, 0.2) is 0 Å². The first-order valence-corrected chi connectivity index (χ1v) is 11.3. The van der Waals surface area contributed by atoms with Gasteiger partial charge in [-0.1, -0.05) is 42.5 Å². The molecule has 0 radical (unpaired) electrons. The van der Waals surface area contributed by atoms with Crippen molar-refractivity contribution in [3.8, 4) is 0 Å². The van der Waals surface area contributed by atoms with Crippen LogP contribution < -0.4 is 5.32 Å². The number of carboxylic acid groups (broad SMARTS) is 1. The summed E-state index contributed by atoms with van der Waals surface area (Å²) in [6.45, 7) is 1.91. The van der Waals surface area contributed by atoms with Gasteiger partial charge in [-0.25, -0.2) is 9.78 Å². The Morgan fingerprint density at radius 1 is 1.09 bits per heavy atom. The molecule has 0 spiro atoms. The standard InChI is InChI=1S/C25H28N4O5/c30-23(29-8-10-34-11-9-29)13-19(12-18-6-3-5-17-4-1-2-7-21(17)18)24(31)28-22(25(32)33)14-20-15-26-16-27-20/h1-7,15-16,19,22H,8-14H2,(H,26,27)(H,28,31)(H,32,33)/t19-,22+/m1/s1. The number of aromatic amines is 1. The molecule has 9 heteroatoms. The van der Waals surface area contributed by atoms with Crippen LogP contribution in [0.5, 0.6) is 0 Å². The average Bonchev–Trinajstić information content (AvgIpc) is 3.37. The lowest BCUT2D eigenvalue weighted by molar-refractivity contribution is -0.143. The normalized spacial score (nSPS) is 15.6. The number of nitrogens with zero attached hydrogens (tertiary/aromatic N) is 2. The quantitative estimate of drug-likeness (QED) is 0.443. The zero-order chi connectivity index (χ0) is 23.9. The van der Waals surface area contributed by atoms with Gasteiger partial charge in [0, 0.05) is 37.8 Å². The lowest BCUT2D eigenvalue weighted by Crippen LogP contribution is -2.47. The molecule has 1 fully saturated rings. The van der Waals surface area contributed by atoms with E-state index in [1.165, 1.54) is 12.5 Å². The predicted octanol–water partition coefficient (Wildman–Crippen LogP) is 1.78. The summed E-state index contributed by atoms with van der Waals surface area (Å²) in [4.78, 5) is 46.7. The lowest BCUT2D eigenvalue weighted by atomic mass is 9.91. The SMILES string of the molecule is O=C(N[C@@H](Cc1cnc[nH]1)C(=O)O)[C@@H](CC(=O)N1CCOCC1)Cc1cccc2ccccc12. The summed E-state index contributed by atoms with van der Waals surface area (Å²) < 4.78 is 5.33. The molecular formula is C25H28N4O5. The Hall–Kier alpha value is -3.72. The fourth-order valence-electron chi connectivity index (χ4n) is 4.25. The molecule has 178 valence electrons. The first-order valence-electron chi connectivity index (χ1n) is 11.3. The van der Waals surface area contributed by atoms with Gasteiger partial charge in [-0.3, -0.25) is 9.59 Å². The molecule has 2 heterocycles. The third-order valence-corrected chi connectivity index (χ3v) is 6.10. The van der Waals surface area contributed by atoms with E-state index in [-0.39, 0.29) is 18.7 Å². The van der Waals surface area contributed by atoms with Gasteiger partial charge in [0.25, 0.3) is 0 Å². The highest BCUT2D eigenvalue weighted by molar-refractivity contribution is 5.90. The second-order valence-corrected chi connectivity index (χ2v) is 8.42. The van der Waals surface area contributed by atoms with Crippen LogP contribution in [-0.4, -0.2) is 70.1 Å². The van der Waals surface area contributed by atoms with Gasteiger partial charge in [-0.2, -0.15) is 0 Å². The second-order valence-electron chi connectivity index (χ2n) is 8.42. The molecule has 0 aliphatic carbocycles. The molecule has 0 bridgehead atoms. The fraction of sp³-hybridized carbons (Fsp3) is 0.360. The van der Waals surface area contributed by atoms with E-state index in [1.54, 1.807) is 4.90 Å². The van der Waals surface area contributed by atoms with Gasteiger partial charge >= 0.3 is 5.97 Å². The average molecular weight is 465 g/mol. The number of fused-ring (bicyclic) bond motifs is 1. The topological polar surface area (TPSA) is 125 Å². The Balaban J connectivity index is 1.55. The maximum atomic E-state index is 13.3. The Morgan fingerprint density at radius 3 is 2.59 bits per heavy atom. The molecule has 1 aliphatic rings. The molecule has 9 nitrogen and oxygen atoms in total. The number of nitrogens with one attached hydrogen (secondary N) is 2. The molecule has 2 aromatic carbocycles. The van der Waals surface area contributed by atoms with E-state index in [4.69, 9.17) is 4.74 Å². The minimum Gasteiger partial charge on any atom is -0.480 e. The van der Waals surface area contributed by atoms with Crippen LogP contribution in [-0.2, 0) is 32.0 Å². The molecule has 3 N–H and O–H groups in total. The number of aliphatic carboxylic acids is 1. The number of carboxylic acids is 1. The Bertz CT molecular complexity index is 1140. The summed E-state index contributed by atoms with van der Waals surface area (Å²) >= 11 is 0. The van der Waals surface area contributed by atoms with Crippen molar-refractivity contribution in [3.63, 3.8) is 0 Å². The highest BCUT2D eigenvalue weighted by atomic mass is 16.5. The predicted molar refractivity (Wildman–Crippen MR) is 125 cm³/mol. The van der Waals surface area contributed by atoms with Gasteiger partial charge in [-0.15, -0.1) is 0 Å². The third-order valence-electron chi connectivity index (χ3n) is 6.10. The first kappa shape index (κ1) is 23.4. The molecule has 0 unspecified atom stereocenters. The molecule has 2 atom stereocenters. The lowest BCUT2D eigenvalue weighted by Gasteiger charge is -2.29. The number of hydrogen-bond donors (Lipinski definition) is 3. The van der Waals surface area contributed by atoms with Crippen molar-refractivity contribution in [1.29, 1.82) is 0 Å². The number of H-pyrrole nitrogens is 1. The molecule has 1 aliphatic heterocycles. The summed E-state index contributed by atoms with van der Waals surface area (Å²) in [6.07, 6.45) is 3.36. The molecule has 4 rings (SSSR count). The molecule has 0 saturated carbocycles. The summed E-state index contributed by atoms with van der Waals surface area (Å²) in [7, 11) is 0. The van der Waals surface area contributed by atoms with E-state index < -0.39 is 23.8 Å². The maximum Gasteiger partial charge on any atom is 0.326 e. The largest absolute Gasteiger partial charge is 0.480 e. The number of carbonyl (C=O) groups excluding carboxylic acids is 2. The Morgan fingerprint density at radius 2 is 1.85 bits per heavy atom. The van der Waals surface area contributed by atoms with E-state index in [0.717, 1.165) is 16.3 Å². The summed E-state index contributed by atoms with van der Waals surface area (Å²) in [5.74, 6) is -2.46. The number of hydrogen-bond acceptors (Lipinski definition) is 5. The van der Waals surface area contributed by atoms with Crippen LogP contribution in [0.1, 0.15) is 17.7 Å². The number of carbonyl (C=O) groups is 3. The van der Waals surface area contributed by atoms with Crippen molar-refractivity contribution < 1.29 is 24.2 Å². The number of rotatable bonds is 9. The van der Waals surface area contributed by atoms with Crippen LogP contribution in [0.25, 0.3) is 10.8 Å². The number of imidazole rings is 1. The van der Waals surface area contributed by atoms with Crippen LogP contribution >= 0.6 is 0 Å². The molecule has 1 aromatic heterocycles. The summed E-state index contributed by atoms with van der Waals surface area (Å²) in [6, 6.07) is 12.6. The van der Waals surface area contributed by atoms with Gasteiger partial charge in [-0.05, 0) is 22.8 Å². The Labute approximate surface area is 197 Å². The van der Waals surface area contributed by atoms with Crippen LogP contribution in [0.15, 0.2) is 55.0 Å². The van der Waals surface area contributed by atoms with Crippen molar-refractivity contribution in [3.05, 3.63) is 66.2 Å².